The molecule has 0 aliphatic carbocycles. The summed E-state index contributed by atoms with van der Waals surface area (Å²) in [6, 6.07) is 18.0. The summed E-state index contributed by atoms with van der Waals surface area (Å²) in [5.41, 5.74) is 1.55. The summed E-state index contributed by atoms with van der Waals surface area (Å²) in [5.74, 6) is 1.44. The minimum atomic E-state index is -0.363. The summed E-state index contributed by atoms with van der Waals surface area (Å²) in [4.78, 5) is 12.4. The molecule has 7 nitrogen and oxygen atoms in total. The van der Waals surface area contributed by atoms with Crippen LogP contribution in [0, 0.1) is 0 Å². The lowest BCUT2D eigenvalue weighted by molar-refractivity contribution is 0.102. The molecule has 1 heterocycles. The Labute approximate surface area is 157 Å². The summed E-state index contributed by atoms with van der Waals surface area (Å²) in [5, 5.41) is 14.0. The first-order valence-electron chi connectivity index (χ1n) is 8.48. The van der Waals surface area contributed by atoms with Crippen LogP contribution in [0.2, 0.25) is 0 Å². The van der Waals surface area contributed by atoms with E-state index in [0.717, 1.165) is 5.69 Å². The molecule has 3 aromatic rings. The lowest BCUT2D eigenvalue weighted by Crippen LogP contribution is -2.15. The predicted octanol–water partition coefficient (Wildman–Crippen LogP) is 3.88. The fourth-order valence-electron chi connectivity index (χ4n) is 2.44. The van der Waals surface area contributed by atoms with Crippen LogP contribution < -0.4 is 20.1 Å². The van der Waals surface area contributed by atoms with E-state index in [1.807, 2.05) is 43.3 Å². The van der Waals surface area contributed by atoms with E-state index in [9.17, 15) is 4.79 Å². The van der Waals surface area contributed by atoms with Crippen LogP contribution in [0.5, 0.6) is 11.5 Å². The molecule has 0 saturated carbocycles. The van der Waals surface area contributed by atoms with Crippen molar-refractivity contribution in [1.29, 1.82) is 0 Å². The van der Waals surface area contributed by atoms with Gasteiger partial charge in [0.25, 0.3) is 5.91 Å². The molecule has 0 spiro atoms. The van der Waals surface area contributed by atoms with E-state index in [1.54, 1.807) is 31.4 Å². The highest BCUT2D eigenvalue weighted by Crippen LogP contribution is 2.26. The molecule has 0 radical (unpaired) electrons. The maximum absolute atomic E-state index is 12.4. The maximum atomic E-state index is 12.4. The van der Waals surface area contributed by atoms with Gasteiger partial charge in [-0.05, 0) is 43.3 Å². The van der Waals surface area contributed by atoms with Gasteiger partial charge in [-0.2, -0.15) is 0 Å². The zero-order valence-corrected chi connectivity index (χ0v) is 15.1. The number of aromatic nitrogens is 2. The number of ether oxygens (including phenoxy) is 2. The fourth-order valence-corrected chi connectivity index (χ4v) is 2.44. The minimum Gasteiger partial charge on any atom is -0.495 e. The van der Waals surface area contributed by atoms with E-state index in [1.165, 1.54) is 0 Å². The Balaban J connectivity index is 1.71. The Morgan fingerprint density at radius 1 is 0.926 bits per heavy atom. The van der Waals surface area contributed by atoms with Crippen molar-refractivity contribution in [3.05, 3.63) is 66.4 Å². The topological polar surface area (TPSA) is 85.4 Å². The van der Waals surface area contributed by atoms with Gasteiger partial charge >= 0.3 is 0 Å². The molecular weight excluding hydrogens is 344 g/mol. The highest BCUT2D eigenvalue weighted by Gasteiger charge is 2.12. The number of rotatable bonds is 7. The number of carbonyl (C=O) groups excluding carboxylic acids is 1. The lowest BCUT2D eigenvalue weighted by atomic mass is 10.2. The SMILES string of the molecule is CCOc1ccccc1NC(=O)c1ccc(Nc2ccccc2OC)nn1. The van der Waals surface area contributed by atoms with E-state index >= 15 is 0 Å². The first-order chi connectivity index (χ1) is 13.2. The van der Waals surface area contributed by atoms with Gasteiger partial charge in [0, 0.05) is 0 Å². The number of amides is 1. The number of benzene rings is 2. The average molecular weight is 364 g/mol. The van der Waals surface area contributed by atoms with Crippen molar-refractivity contribution in [2.45, 2.75) is 6.92 Å². The molecule has 138 valence electrons. The third-order valence-electron chi connectivity index (χ3n) is 3.70. The van der Waals surface area contributed by atoms with Crippen LogP contribution >= 0.6 is 0 Å². The summed E-state index contributed by atoms with van der Waals surface area (Å²) in [6.07, 6.45) is 0. The van der Waals surface area contributed by atoms with Gasteiger partial charge in [0.2, 0.25) is 0 Å². The second kappa shape index (κ2) is 8.66. The Morgan fingerprint density at radius 3 is 2.30 bits per heavy atom. The average Bonchev–Trinajstić information content (AvgIpc) is 2.70. The van der Waals surface area contributed by atoms with Crippen LogP contribution in [-0.2, 0) is 0 Å². The summed E-state index contributed by atoms with van der Waals surface area (Å²) >= 11 is 0. The van der Waals surface area contributed by atoms with E-state index in [4.69, 9.17) is 9.47 Å². The highest BCUT2D eigenvalue weighted by molar-refractivity contribution is 6.03. The van der Waals surface area contributed by atoms with Crippen LogP contribution in [-0.4, -0.2) is 29.8 Å². The third kappa shape index (κ3) is 4.52. The second-order valence-electron chi connectivity index (χ2n) is 5.51. The van der Waals surface area contributed by atoms with E-state index in [2.05, 4.69) is 20.8 Å². The number of hydrogen-bond donors (Lipinski definition) is 2. The molecule has 2 N–H and O–H groups in total. The predicted molar refractivity (Wildman–Crippen MR) is 104 cm³/mol. The van der Waals surface area contributed by atoms with E-state index < -0.39 is 0 Å². The first kappa shape index (κ1) is 18.2. The smallest absolute Gasteiger partial charge is 0.276 e. The summed E-state index contributed by atoms with van der Waals surface area (Å²) in [6.45, 7) is 2.40. The van der Waals surface area contributed by atoms with Crippen LogP contribution in [0.15, 0.2) is 60.7 Å². The van der Waals surface area contributed by atoms with Gasteiger partial charge in [-0.3, -0.25) is 4.79 Å². The molecule has 0 aliphatic heterocycles. The minimum absolute atomic E-state index is 0.201. The molecule has 27 heavy (non-hydrogen) atoms. The van der Waals surface area contributed by atoms with Gasteiger partial charge in [0.1, 0.15) is 11.5 Å². The molecule has 1 aromatic heterocycles. The molecular formula is C20H20N4O3. The largest absolute Gasteiger partial charge is 0.495 e. The molecule has 0 fully saturated rings. The molecule has 0 saturated heterocycles. The molecule has 7 heteroatoms. The van der Waals surface area contributed by atoms with Gasteiger partial charge < -0.3 is 20.1 Å². The van der Waals surface area contributed by atoms with E-state index in [-0.39, 0.29) is 11.6 Å². The van der Waals surface area contributed by atoms with Gasteiger partial charge in [-0.1, -0.05) is 24.3 Å². The van der Waals surface area contributed by atoms with Gasteiger partial charge in [0.05, 0.1) is 25.1 Å². The third-order valence-corrected chi connectivity index (χ3v) is 3.70. The Kier molecular flexibility index (Phi) is 5.84. The zero-order chi connectivity index (χ0) is 19.1. The lowest BCUT2D eigenvalue weighted by Gasteiger charge is -2.11. The summed E-state index contributed by atoms with van der Waals surface area (Å²) in [7, 11) is 1.60. The van der Waals surface area contributed by atoms with Crippen LogP contribution in [0.25, 0.3) is 0 Å². The van der Waals surface area contributed by atoms with Crippen molar-refractivity contribution < 1.29 is 14.3 Å². The van der Waals surface area contributed by atoms with Crippen molar-refractivity contribution in [2.75, 3.05) is 24.4 Å². The number of anilines is 3. The number of carbonyl (C=O) groups is 1. The van der Waals surface area contributed by atoms with Crippen molar-refractivity contribution in [3.8, 4) is 11.5 Å². The normalized spacial score (nSPS) is 10.1. The first-order valence-corrected chi connectivity index (χ1v) is 8.48. The van der Waals surface area contributed by atoms with E-state index in [0.29, 0.717) is 29.6 Å². The second-order valence-corrected chi connectivity index (χ2v) is 5.51. The maximum Gasteiger partial charge on any atom is 0.276 e. The molecule has 0 bridgehead atoms. The van der Waals surface area contributed by atoms with Gasteiger partial charge in [-0.15, -0.1) is 10.2 Å². The number of para-hydroxylation sites is 4. The fraction of sp³-hybridized carbons (Fsp3) is 0.150. The van der Waals surface area contributed by atoms with Crippen LogP contribution in [0.1, 0.15) is 17.4 Å². The van der Waals surface area contributed by atoms with Crippen LogP contribution in [0.4, 0.5) is 17.2 Å². The highest BCUT2D eigenvalue weighted by atomic mass is 16.5. The molecule has 0 atom stereocenters. The van der Waals surface area contributed by atoms with Crippen molar-refractivity contribution >= 4 is 23.1 Å². The molecule has 2 aromatic carbocycles. The van der Waals surface area contributed by atoms with Crippen molar-refractivity contribution in [2.24, 2.45) is 0 Å². The van der Waals surface area contributed by atoms with Gasteiger partial charge in [0.15, 0.2) is 11.5 Å². The monoisotopic (exact) mass is 364 g/mol. The van der Waals surface area contributed by atoms with Crippen molar-refractivity contribution in [1.82, 2.24) is 10.2 Å². The molecule has 1 amide bonds. The van der Waals surface area contributed by atoms with Crippen LogP contribution in [0.3, 0.4) is 0 Å². The Hall–Kier alpha value is -3.61. The standard InChI is InChI=1S/C20H20N4O3/c1-3-27-18-11-7-5-9-15(18)22-20(25)16-12-13-19(24-23-16)21-14-8-4-6-10-17(14)26-2/h4-13H,3H2,1-2H3,(H,21,24)(H,22,25). The number of nitrogens with zero attached hydrogens (tertiary/aromatic N) is 2. The summed E-state index contributed by atoms with van der Waals surface area (Å²) < 4.78 is 10.8. The Morgan fingerprint density at radius 2 is 1.63 bits per heavy atom. The zero-order valence-electron chi connectivity index (χ0n) is 15.1. The quantitative estimate of drug-likeness (QED) is 0.662. The number of methoxy groups -OCH3 is 1. The molecule has 0 unspecified atom stereocenters. The number of nitrogens with one attached hydrogen (secondary N) is 2. The molecule has 0 aliphatic rings. The molecule has 3 rings (SSSR count). The van der Waals surface area contributed by atoms with Gasteiger partial charge in [-0.25, -0.2) is 0 Å². The number of hydrogen-bond acceptors (Lipinski definition) is 6. The van der Waals surface area contributed by atoms with Crippen molar-refractivity contribution in [3.63, 3.8) is 0 Å². The Bertz CT molecular complexity index is 913.